The Morgan fingerprint density at radius 1 is 1.28 bits per heavy atom. The third-order valence-electron chi connectivity index (χ3n) is 3.82. The van der Waals surface area contributed by atoms with Gasteiger partial charge >= 0.3 is 6.18 Å². The molecule has 1 aromatic carbocycles. The number of carbonyl (C=O) groups excluding carboxylic acids is 1. The van der Waals surface area contributed by atoms with Gasteiger partial charge in [0.15, 0.2) is 0 Å². The minimum atomic E-state index is -4.52. The van der Waals surface area contributed by atoms with Crippen LogP contribution in [0.3, 0.4) is 0 Å². The molecule has 2 aromatic rings. The molecule has 0 bridgehead atoms. The highest BCUT2D eigenvalue weighted by atomic mass is 19.4. The van der Waals surface area contributed by atoms with Gasteiger partial charge in [0.25, 0.3) is 0 Å². The van der Waals surface area contributed by atoms with Crippen LogP contribution < -0.4 is 10.2 Å². The first-order chi connectivity index (χ1) is 11.9. The van der Waals surface area contributed by atoms with Crippen LogP contribution in [-0.4, -0.2) is 41.8 Å². The minimum Gasteiger partial charge on any atom is -0.378 e. The fraction of sp³-hybridized carbons (Fsp3) is 0.375. The molecule has 0 spiro atoms. The van der Waals surface area contributed by atoms with Crippen LogP contribution in [-0.2, 0) is 22.3 Å². The Kier molecular flexibility index (Phi) is 4.93. The van der Waals surface area contributed by atoms with E-state index in [0.29, 0.717) is 26.3 Å². The van der Waals surface area contributed by atoms with E-state index in [-0.39, 0.29) is 17.9 Å². The Hall–Kier alpha value is -2.55. The molecule has 0 unspecified atom stereocenters. The summed E-state index contributed by atoms with van der Waals surface area (Å²) >= 11 is 0. The van der Waals surface area contributed by atoms with E-state index < -0.39 is 17.6 Å². The average molecular weight is 354 g/mol. The molecule has 9 heteroatoms. The van der Waals surface area contributed by atoms with Crippen LogP contribution >= 0.6 is 0 Å². The second-order valence-corrected chi connectivity index (χ2v) is 5.61. The molecule has 0 saturated carbocycles. The molecule has 6 nitrogen and oxygen atoms in total. The molecule has 0 aliphatic carbocycles. The summed E-state index contributed by atoms with van der Waals surface area (Å²) in [5.74, 6) is -0.426. The Balaban J connectivity index is 1.80. The van der Waals surface area contributed by atoms with Crippen molar-refractivity contribution in [1.82, 2.24) is 9.55 Å². The molecule has 0 radical (unpaired) electrons. The molecule has 1 aliphatic rings. The third-order valence-corrected chi connectivity index (χ3v) is 3.82. The molecule has 1 aromatic heterocycles. The highest BCUT2D eigenvalue weighted by molar-refractivity contribution is 5.91. The zero-order valence-electron chi connectivity index (χ0n) is 13.3. The largest absolute Gasteiger partial charge is 0.418 e. The smallest absolute Gasteiger partial charge is 0.378 e. The molecular weight excluding hydrogens is 337 g/mol. The summed E-state index contributed by atoms with van der Waals surface area (Å²) in [6.45, 7) is 1.55. The van der Waals surface area contributed by atoms with Crippen LogP contribution in [0.2, 0.25) is 0 Å². The molecular formula is C16H17F3N4O2. The van der Waals surface area contributed by atoms with Crippen LogP contribution in [0.15, 0.2) is 36.9 Å². The van der Waals surface area contributed by atoms with Crippen molar-refractivity contribution >= 4 is 17.3 Å². The Morgan fingerprint density at radius 2 is 2.04 bits per heavy atom. The van der Waals surface area contributed by atoms with Crippen LogP contribution in [0.4, 0.5) is 24.5 Å². The summed E-state index contributed by atoms with van der Waals surface area (Å²) in [6.07, 6.45) is 0.0649. The summed E-state index contributed by atoms with van der Waals surface area (Å²) in [6, 6.07) is 3.84. The van der Waals surface area contributed by atoms with E-state index in [1.807, 2.05) is 0 Å². The topological polar surface area (TPSA) is 59.4 Å². The predicted molar refractivity (Wildman–Crippen MR) is 85.3 cm³/mol. The van der Waals surface area contributed by atoms with E-state index in [2.05, 4.69) is 10.3 Å². The molecule has 1 aliphatic heterocycles. The summed E-state index contributed by atoms with van der Waals surface area (Å²) < 4.78 is 47.0. The molecule has 134 valence electrons. The number of carbonyl (C=O) groups is 1. The number of halogens is 3. The molecule has 2 heterocycles. The molecule has 0 atom stereocenters. The number of hydrogen-bond acceptors (Lipinski definition) is 4. The molecule has 1 fully saturated rings. The number of ether oxygens (including phenoxy) is 1. The number of nitrogens with one attached hydrogen (secondary N) is 1. The second kappa shape index (κ2) is 7.14. The number of nitrogens with zero attached hydrogens (tertiary/aromatic N) is 3. The maximum Gasteiger partial charge on any atom is 0.418 e. The van der Waals surface area contributed by atoms with Gasteiger partial charge in [-0.25, -0.2) is 4.98 Å². The molecule has 1 amide bonds. The maximum atomic E-state index is 13.4. The summed E-state index contributed by atoms with van der Waals surface area (Å²) in [4.78, 5) is 17.4. The van der Waals surface area contributed by atoms with Crippen molar-refractivity contribution < 1.29 is 22.7 Å². The molecule has 1 N–H and O–H groups in total. The first-order valence-electron chi connectivity index (χ1n) is 7.73. The standard InChI is InChI=1S/C16H17F3N4O2/c17-16(18,19)13-9-12(21-15(24)10-22-4-3-20-11-22)1-2-14(13)23-5-7-25-8-6-23/h1-4,9,11H,5-8,10H2,(H,21,24). The van der Waals surface area contributed by atoms with Gasteiger partial charge in [0.05, 0.1) is 25.1 Å². The number of alkyl halides is 3. The van der Waals surface area contributed by atoms with Crippen molar-refractivity contribution in [3.63, 3.8) is 0 Å². The fourth-order valence-corrected chi connectivity index (χ4v) is 2.67. The average Bonchev–Trinajstić information content (AvgIpc) is 3.07. The fourth-order valence-electron chi connectivity index (χ4n) is 2.67. The minimum absolute atomic E-state index is 0.0213. The number of morpholine rings is 1. The van der Waals surface area contributed by atoms with Gasteiger partial charge in [0, 0.05) is 36.9 Å². The van der Waals surface area contributed by atoms with Gasteiger partial charge in [-0.3, -0.25) is 4.79 Å². The quantitative estimate of drug-likeness (QED) is 0.916. The predicted octanol–water partition coefficient (Wildman–Crippen LogP) is 2.38. The molecule has 3 rings (SSSR count). The molecule has 25 heavy (non-hydrogen) atoms. The highest BCUT2D eigenvalue weighted by Crippen LogP contribution is 2.38. The second-order valence-electron chi connectivity index (χ2n) is 5.61. The number of rotatable bonds is 4. The zero-order valence-corrected chi connectivity index (χ0v) is 13.3. The van der Waals surface area contributed by atoms with Gasteiger partial charge < -0.3 is 19.5 Å². The van der Waals surface area contributed by atoms with Crippen molar-refractivity contribution in [3.8, 4) is 0 Å². The van der Waals surface area contributed by atoms with E-state index in [1.54, 1.807) is 11.1 Å². The van der Waals surface area contributed by atoms with E-state index in [0.717, 1.165) is 6.07 Å². The maximum absolute atomic E-state index is 13.4. The van der Waals surface area contributed by atoms with Gasteiger partial charge in [-0.15, -0.1) is 0 Å². The van der Waals surface area contributed by atoms with E-state index in [4.69, 9.17) is 4.74 Å². The Morgan fingerprint density at radius 3 is 2.68 bits per heavy atom. The first-order valence-corrected chi connectivity index (χ1v) is 7.73. The monoisotopic (exact) mass is 354 g/mol. The number of imidazole rings is 1. The van der Waals surface area contributed by atoms with Crippen molar-refractivity contribution in [3.05, 3.63) is 42.5 Å². The van der Waals surface area contributed by atoms with Gasteiger partial charge in [-0.1, -0.05) is 0 Å². The van der Waals surface area contributed by atoms with Crippen LogP contribution in [0.1, 0.15) is 5.56 Å². The lowest BCUT2D eigenvalue weighted by atomic mass is 10.1. The number of aromatic nitrogens is 2. The lowest BCUT2D eigenvalue weighted by Crippen LogP contribution is -2.37. The third kappa shape index (κ3) is 4.30. The van der Waals surface area contributed by atoms with Gasteiger partial charge in [0.1, 0.15) is 6.54 Å². The Bertz CT molecular complexity index is 725. The van der Waals surface area contributed by atoms with E-state index in [1.165, 1.54) is 29.2 Å². The number of benzene rings is 1. The van der Waals surface area contributed by atoms with Crippen molar-refractivity contribution in [2.24, 2.45) is 0 Å². The first kappa shape index (κ1) is 17.3. The van der Waals surface area contributed by atoms with Crippen molar-refractivity contribution in [2.75, 3.05) is 36.5 Å². The number of hydrogen-bond donors (Lipinski definition) is 1. The summed E-state index contributed by atoms with van der Waals surface area (Å²) in [5, 5.41) is 2.49. The lowest BCUT2D eigenvalue weighted by molar-refractivity contribution is -0.137. The van der Waals surface area contributed by atoms with Gasteiger partial charge in [-0.2, -0.15) is 13.2 Å². The number of amides is 1. The van der Waals surface area contributed by atoms with Crippen molar-refractivity contribution in [2.45, 2.75) is 12.7 Å². The lowest BCUT2D eigenvalue weighted by Gasteiger charge is -2.31. The van der Waals surface area contributed by atoms with Gasteiger partial charge in [0.2, 0.25) is 5.91 Å². The molecule has 1 saturated heterocycles. The van der Waals surface area contributed by atoms with Crippen molar-refractivity contribution in [1.29, 1.82) is 0 Å². The van der Waals surface area contributed by atoms with E-state index in [9.17, 15) is 18.0 Å². The van der Waals surface area contributed by atoms with Crippen LogP contribution in [0.25, 0.3) is 0 Å². The normalized spacial score (nSPS) is 15.2. The van der Waals surface area contributed by atoms with Crippen LogP contribution in [0.5, 0.6) is 0 Å². The summed E-state index contributed by atoms with van der Waals surface area (Å²) in [7, 11) is 0. The highest BCUT2D eigenvalue weighted by Gasteiger charge is 2.35. The zero-order chi connectivity index (χ0) is 17.9. The summed E-state index contributed by atoms with van der Waals surface area (Å²) in [5.41, 5.74) is -0.562. The number of anilines is 2. The Labute approximate surface area is 142 Å². The van der Waals surface area contributed by atoms with E-state index >= 15 is 0 Å². The van der Waals surface area contributed by atoms with Gasteiger partial charge in [-0.05, 0) is 18.2 Å². The SMILES string of the molecule is O=C(Cn1ccnc1)Nc1ccc(N2CCOCC2)c(C(F)(F)F)c1. The van der Waals surface area contributed by atoms with Crippen LogP contribution in [0, 0.1) is 0 Å².